The molecule has 0 aromatic heterocycles. The zero-order valence-electron chi connectivity index (χ0n) is 24.2. The highest BCUT2D eigenvalue weighted by atomic mass is 35.5. The fraction of sp³-hybridized carbons (Fsp3) is 0.355. The van der Waals surface area contributed by atoms with Gasteiger partial charge in [0, 0.05) is 22.6 Å². The Hall–Kier alpha value is -3.27. The van der Waals surface area contributed by atoms with Gasteiger partial charge >= 0.3 is 0 Å². The van der Waals surface area contributed by atoms with Crippen LogP contribution in [0.1, 0.15) is 46.1 Å². The van der Waals surface area contributed by atoms with Crippen molar-refractivity contribution in [3.63, 3.8) is 0 Å². The Labute approximate surface area is 258 Å². The van der Waals surface area contributed by atoms with Crippen LogP contribution in [0.25, 0.3) is 0 Å². The molecule has 0 spiro atoms. The molecule has 0 bridgehead atoms. The highest BCUT2D eigenvalue weighted by Gasteiger charge is 2.34. The fourth-order valence-electron chi connectivity index (χ4n) is 4.32. The highest BCUT2D eigenvalue weighted by molar-refractivity contribution is 7.92. The molecule has 2 atom stereocenters. The van der Waals surface area contributed by atoms with Gasteiger partial charge in [0.25, 0.3) is 10.0 Å². The lowest BCUT2D eigenvalue weighted by Crippen LogP contribution is -2.53. The first kappa shape index (κ1) is 33.2. The van der Waals surface area contributed by atoms with Gasteiger partial charge in [0.15, 0.2) is 0 Å². The number of sulfonamides is 1. The molecule has 226 valence electrons. The maximum atomic E-state index is 14.2. The molecule has 0 radical (unpaired) electrons. The number of hydrogen-bond acceptors (Lipinski definition) is 5. The molecule has 8 nitrogen and oxygen atoms in total. The van der Waals surface area contributed by atoms with Gasteiger partial charge in [0.1, 0.15) is 18.3 Å². The highest BCUT2D eigenvalue weighted by Crippen LogP contribution is 2.28. The number of amides is 2. The standard InChI is InChI=1S/C31H37Cl2N3O5S/c1-5-22(4)34-31(38)29(6-2)35(20-23-13-14-24(32)19-28(23)33)30(37)21-36(25-15-17-26(18-16-25)41-7-3)42(39,40)27-11-9-8-10-12-27/h8-19,22,29H,5-7,20-21H2,1-4H3,(H,34,38)/t22-,29+/m0/s1. The normalized spacial score (nSPS) is 12.7. The van der Waals surface area contributed by atoms with Crippen LogP contribution in [0.4, 0.5) is 5.69 Å². The SMILES string of the molecule is CCOc1ccc(N(CC(=O)N(Cc2ccc(Cl)cc2Cl)[C@H](CC)C(=O)N[C@@H](C)CC)S(=O)(=O)c2ccccc2)cc1. The maximum absolute atomic E-state index is 14.2. The Kier molecular flexibility index (Phi) is 12.1. The molecule has 0 heterocycles. The van der Waals surface area contributed by atoms with Crippen molar-refractivity contribution >= 4 is 50.7 Å². The second-order valence-corrected chi connectivity index (χ2v) is 12.5. The van der Waals surface area contributed by atoms with Crippen molar-refractivity contribution in [2.24, 2.45) is 0 Å². The summed E-state index contributed by atoms with van der Waals surface area (Å²) < 4.78 is 34.4. The van der Waals surface area contributed by atoms with Crippen molar-refractivity contribution in [3.8, 4) is 5.75 Å². The average Bonchev–Trinajstić information content (AvgIpc) is 2.97. The zero-order valence-corrected chi connectivity index (χ0v) is 26.5. The summed E-state index contributed by atoms with van der Waals surface area (Å²) in [6.45, 7) is 7.35. The first-order valence-electron chi connectivity index (χ1n) is 13.9. The number of benzene rings is 3. The van der Waals surface area contributed by atoms with Gasteiger partial charge in [0.2, 0.25) is 11.8 Å². The lowest BCUT2D eigenvalue weighted by molar-refractivity contribution is -0.140. The zero-order chi connectivity index (χ0) is 30.9. The Balaban J connectivity index is 2.07. The van der Waals surface area contributed by atoms with Crippen LogP contribution >= 0.6 is 23.2 Å². The number of nitrogens with one attached hydrogen (secondary N) is 1. The lowest BCUT2D eigenvalue weighted by Gasteiger charge is -2.34. The molecule has 3 rings (SSSR count). The summed E-state index contributed by atoms with van der Waals surface area (Å²) in [5.41, 5.74) is 0.847. The summed E-state index contributed by atoms with van der Waals surface area (Å²) in [5, 5.41) is 3.71. The van der Waals surface area contributed by atoms with Crippen LogP contribution in [0.2, 0.25) is 10.0 Å². The van der Waals surface area contributed by atoms with Crippen LogP contribution in [0.5, 0.6) is 5.75 Å². The molecular formula is C31H37Cl2N3O5S. The third-order valence-corrected chi connectivity index (χ3v) is 9.16. The van der Waals surface area contributed by atoms with E-state index in [-0.39, 0.29) is 29.1 Å². The van der Waals surface area contributed by atoms with E-state index >= 15 is 0 Å². The Morgan fingerprint density at radius 2 is 1.60 bits per heavy atom. The van der Waals surface area contributed by atoms with Gasteiger partial charge in [-0.1, -0.05) is 61.3 Å². The maximum Gasteiger partial charge on any atom is 0.264 e. The molecule has 0 unspecified atom stereocenters. The molecule has 0 aliphatic carbocycles. The molecule has 3 aromatic rings. The number of anilines is 1. The Morgan fingerprint density at radius 3 is 2.17 bits per heavy atom. The summed E-state index contributed by atoms with van der Waals surface area (Å²) >= 11 is 12.6. The molecule has 0 saturated carbocycles. The van der Waals surface area contributed by atoms with E-state index in [0.29, 0.717) is 40.8 Å². The number of carbonyl (C=O) groups is 2. The molecule has 0 aliphatic heterocycles. The van der Waals surface area contributed by atoms with Crippen molar-refractivity contribution in [2.75, 3.05) is 17.5 Å². The summed E-state index contributed by atoms with van der Waals surface area (Å²) in [6, 6.07) is 18.3. The van der Waals surface area contributed by atoms with Gasteiger partial charge in [-0.3, -0.25) is 13.9 Å². The van der Waals surface area contributed by atoms with Crippen LogP contribution in [0.3, 0.4) is 0 Å². The number of carbonyl (C=O) groups excluding carboxylic acids is 2. The molecule has 2 amide bonds. The second kappa shape index (κ2) is 15.3. The van der Waals surface area contributed by atoms with E-state index < -0.39 is 28.5 Å². The summed E-state index contributed by atoms with van der Waals surface area (Å²) in [7, 11) is -4.17. The van der Waals surface area contributed by atoms with Crippen LogP contribution in [-0.2, 0) is 26.2 Å². The first-order valence-corrected chi connectivity index (χ1v) is 16.1. The predicted octanol–water partition coefficient (Wildman–Crippen LogP) is 6.31. The number of halogens is 2. The van der Waals surface area contributed by atoms with E-state index in [9.17, 15) is 18.0 Å². The van der Waals surface area contributed by atoms with Crippen molar-refractivity contribution in [2.45, 2.75) is 64.1 Å². The molecular weight excluding hydrogens is 597 g/mol. The van der Waals surface area contributed by atoms with Crippen LogP contribution in [-0.4, -0.2) is 50.4 Å². The molecule has 11 heteroatoms. The van der Waals surface area contributed by atoms with Gasteiger partial charge < -0.3 is 15.0 Å². The van der Waals surface area contributed by atoms with Crippen LogP contribution in [0.15, 0.2) is 77.7 Å². The third-order valence-electron chi connectivity index (χ3n) is 6.79. The van der Waals surface area contributed by atoms with Gasteiger partial charge in [-0.05, 0) is 80.8 Å². The van der Waals surface area contributed by atoms with Crippen molar-refractivity contribution in [1.29, 1.82) is 0 Å². The molecule has 3 aromatic carbocycles. The minimum atomic E-state index is -4.17. The number of rotatable bonds is 14. The number of nitrogens with zero attached hydrogens (tertiary/aromatic N) is 2. The molecule has 0 saturated heterocycles. The van der Waals surface area contributed by atoms with Gasteiger partial charge in [0.05, 0.1) is 17.2 Å². The summed E-state index contributed by atoms with van der Waals surface area (Å²) in [4.78, 5) is 29.0. The van der Waals surface area contributed by atoms with Gasteiger partial charge in [-0.15, -0.1) is 0 Å². The summed E-state index contributed by atoms with van der Waals surface area (Å²) in [5.74, 6) is -0.333. The van der Waals surface area contributed by atoms with E-state index in [0.717, 1.165) is 4.31 Å². The predicted molar refractivity (Wildman–Crippen MR) is 168 cm³/mol. The van der Waals surface area contributed by atoms with E-state index in [1.54, 1.807) is 67.6 Å². The monoisotopic (exact) mass is 633 g/mol. The Morgan fingerprint density at radius 1 is 0.929 bits per heavy atom. The van der Waals surface area contributed by atoms with E-state index in [2.05, 4.69) is 5.32 Å². The van der Waals surface area contributed by atoms with Crippen LogP contribution in [0, 0.1) is 0 Å². The first-order chi connectivity index (χ1) is 20.0. The molecule has 42 heavy (non-hydrogen) atoms. The van der Waals surface area contributed by atoms with E-state index in [1.165, 1.54) is 17.0 Å². The van der Waals surface area contributed by atoms with Crippen molar-refractivity contribution in [1.82, 2.24) is 10.2 Å². The average molecular weight is 635 g/mol. The number of ether oxygens (including phenoxy) is 1. The third kappa shape index (κ3) is 8.40. The topological polar surface area (TPSA) is 96.0 Å². The smallest absolute Gasteiger partial charge is 0.264 e. The van der Waals surface area contributed by atoms with Crippen LogP contribution < -0.4 is 14.4 Å². The van der Waals surface area contributed by atoms with Gasteiger partial charge in [-0.2, -0.15) is 0 Å². The summed E-state index contributed by atoms with van der Waals surface area (Å²) in [6.07, 6.45) is 1.01. The second-order valence-electron chi connectivity index (χ2n) is 9.75. The molecule has 0 aliphatic rings. The minimum absolute atomic E-state index is 0.0240. The van der Waals surface area contributed by atoms with Crippen molar-refractivity contribution < 1.29 is 22.7 Å². The quantitative estimate of drug-likeness (QED) is 0.224. The van der Waals surface area contributed by atoms with E-state index in [4.69, 9.17) is 27.9 Å². The largest absolute Gasteiger partial charge is 0.494 e. The van der Waals surface area contributed by atoms with Gasteiger partial charge in [-0.25, -0.2) is 8.42 Å². The number of hydrogen-bond donors (Lipinski definition) is 1. The van der Waals surface area contributed by atoms with Crippen molar-refractivity contribution in [3.05, 3.63) is 88.4 Å². The molecule has 0 fully saturated rings. The minimum Gasteiger partial charge on any atom is -0.494 e. The Bertz CT molecular complexity index is 1450. The fourth-order valence-corrected chi connectivity index (χ4v) is 6.22. The van der Waals surface area contributed by atoms with E-state index in [1.807, 2.05) is 20.8 Å². The lowest BCUT2D eigenvalue weighted by atomic mass is 10.1. The molecule has 1 N–H and O–H groups in total.